The van der Waals surface area contributed by atoms with Crippen LogP contribution in [0.15, 0.2) is 97.2 Å². The number of carbonyl (C=O) groups is 1. The van der Waals surface area contributed by atoms with Gasteiger partial charge in [0.15, 0.2) is 0 Å². The Morgan fingerprint density at radius 3 is 2.43 bits per heavy atom. The average Bonchev–Trinajstić information content (AvgIpc) is 3.39. The second-order valence-electron chi connectivity index (χ2n) is 9.92. The number of aromatic nitrogens is 2. The van der Waals surface area contributed by atoms with Crippen molar-refractivity contribution in [2.24, 2.45) is 0 Å². The number of carboxylic acids is 1. The zero-order valence-corrected chi connectivity index (χ0v) is 24.6. The van der Waals surface area contributed by atoms with Crippen molar-refractivity contribution in [1.29, 1.82) is 0 Å². The molecule has 5 rings (SSSR count). The van der Waals surface area contributed by atoms with E-state index in [0.717, 1.165) is 64.5 Å². The van der Waals surface area contributed by atoms with Crippen LogP contribution >= 0.6 is 23.2 Å². The largest absolute Gasteiger partial charge is 0.494 e. The highest BCUT2D eigenvalue weighted by molar-refractivity contribution is 6.36. The molecule has 0 saturated heterocycles. The monoisotopic (exact) mass is 596 g/mol. The lowest BCUT2D eigenvalue weighted by molar-refractivity contribution is 0.0697. The maximum atomic E-state index is 11.3. The third-order valence-electron chi connectivity index (χ3n) is 6.84. The van der Waals surface area contributed by atoms with Crippen molar-refractivity contribution in [3.8, 4) is 28.1 Å². The topological polar surface area (TPSA) is 64.4 Å². The molecule has 0 bridgehead atoms. The SMILES string of the molecule is CCCCOc1cccc(-c2ccc(/C=C/c3nc(-c4ccc(Cl)cc4Cl)cn3Cc3ccc(C(=O)O)cc3)cc2)c1. The molecule has 7 heteroatoms. The number of hydrogen-bond acceptors (Lipinski definition) is 3. The normalized spacial score (nSPS) is 11.2. The summed E-state index contributed by atoms with van der Waals surface area (Å²) in [6.07, 6.45) is 8.07. The van der Waals surface area contributed by atoms with Crippen LogP contribution in [0.3, 0.4) is 0 Å². The maximum Gasteiger partial charge on any atom is 0.335 e. The number of ether oxygens (including phenoxy) is 1. The van der Waals surface area contributed by atoms with Gasteiger partial charge in [0.1, 0.15) is 11.6 Å². The van der Waals surface area contributed by atoms with Crippen molar-refractivity contribution in [2.45, 2.75) is 26.3 Å². The van der Waals surface area contributed by atoms with Crippen LogP contribution in [0.4, 0.5) is 0 Å². The predicted octanol–water partition coefficient (Wildman–Crippen LogP) is 9.62. The molecule has 5 nitrogen and oxygen atoms in total. The molecule has 42 heavy (non-hydrogen) atoms. The molecule has 1 aromatic heterocycles. The number of unbranched alkanes of at least 4 members (excludes halogenated alkanes) is 1. The van der Waals surface area contributed by atoms with Gasteiger partial charge in [-0.2, -0.15) is 0 Å². The Morgan fingerprint density at radius 1 is 0.929 bits per heavy atom. The Balaban J connectivity index is 1.40. The smallest absolute Gasteiger partial charge is 0.335 e. The minimum atomic E-state index is -0.952. The number of hydrogen-bond donors (Lipinski definition) is 1. The number of rotatable bonds is 11. The summed E-state index contributed by atoms with van der Waals surface area (Å²) in [6.45, 7) is 3.38. The molecule has 0 aliphatic carbocycles. The average molecular weight is 598 g/mol. The fourth-order valence-electron chi connectivity index (χ4n) is 4.52. The number of carboxylic acid groups (broad SMARTS) is 1. The highest BCUT2D eigenvalue weighted by Gasteiger charge is 2.12. The first-order valence-corrected chi connectivity index (χ1v) is 14.5. The molecular weight excluding hydrogens is 567 g/mol. The number of imidazole rings is 1. The van der Waals surface area contributed by atoms with E-state index in [1.807, 2.05) is 53.2 Å². The van der Waals surface area contributed by atoms with Crippen LogP contribution < -0.4 is 4.74 Å². The first-order chi connectivity index (χ1) is 20.4. The summed E-state index contributed by atoms with van der Waals surface area (Å²) in [6, 6.07) is 28.7. The van der Waals surface area contributed by atoms with Crippen molar-refractivity contribution in [3.05, 3.63) is 130 Å². The Bertz CT molecular complexity index is 1710. The minimum Gasteiger partial charge on any atom is -0.494 e. The zero-order chi connectivity index (χ0) is 29.5. The van der Waals surface area contributed by atoms with E-state index < -0.39 is 5.97 Å². The quantitative estimate of drug-likeness (QED) is 0.154. The summed E-state index contributed by atoms with van der Waals surface area (Å²) in [5.74, 6) is 0.664. The molecule has 0 aliphatic heterocycles. The van der Waals surface area contributed by atoms with E-state index in [2.05, 4.69) is 43.3 Å². The Kier molecular flexibility index (Phi) is 9.42. The van der Waals surface area contributed by atoms with Gasteiger partial charge >= 0.3 is 5.97 Å². The second-order valence-corrected chi connectivity index (χ2v) is 10.8. The van der Waals surface area contributed by atoms with Gasteiger partial charge in [-0.1, -0.05) is 91.2 Å². The molecule has 0 fully saturated rings. The Labute approximate surface area is 255 Å². The van der Waals surface area contributed by atoms with Gasteiger partial charge in [0, 0.05) is 23.3 Å². The molecule has 1 N–H and O–H groups in total. The molecule has 0 saturated carbocycles. The van der Waals surface area contributed by atoms with Crippen LogP contribution in [0.5, 0.6) is 5.75 Å². The fourth-order valence-corrected chi connectivity index (χ4v) is 5.03. The third kappa shape index (κ3) is 7.30. The molecule has 212 valence electrons. The van der Waals surface area contributed by atoms with Gasteiger partial charge < -0.3 is 14.4 Å². The standard InChI is InChI=1S/C35H30Cl2N2O3/c1-2-3-19-42-30-6-4-5-28(20-30)26-12-7-24(8-13-26)11-18-34-38-33(31-17-16-29(36)21-32(31)37)23-39(34)22-25-9-14-27(15-10-25)35(40)41/h4-18,20-21,23H,2-3,19,22H2,1H3,(H,40,41)/b18-11+. The van der Waals surface area contributed by atoms with E-state index in [9.17, 15) is 9.90 Å². The highest BCUT2D eigenvalue weighted by atomic mass is 35.5. The van der Waals surface area contributed by atoms with Crippen LogP contribution in [0.2, 0.25) is 10.0 Å². The van der Waals surface area contributed by atoms with Gasteiger partial charge in [-0.05, 0) is 77.2 Å². The molecule has 1 heterocycles. The number of nitrogens with zero attached hydrogens (tertiary/aromatic N) is 2. The van der Waals surface area contributed by atoms with Crippen LogP contribution in [0.1, 0.15) is 47.1 Å². The predicted molar refractivity (Wildman–Crippen MR) is 171 cm³/mol. The van der Waals surface area contributed by atoms with Crippen molar-refractivity contribution in [3.63, 3.8) is 0 Å². The van der Waals surface area contributed by atoms with Crippen LogP contribution in [0, 0.1) is 0 Å². The molecule has 0 unspecified atom stereocenters. The Morgan fingerprint density at radius 2 is 1.71 bits per heavy atom. The Hall–Kier alpha value is -4.32. The maximum absolute atomic E-state index is 11.3. The van der Waals surface area contributed by atoms with Gasteiger partial charge in [0.2, 0.25) is 0 Å². The van der Waals surface area contributed by atoms with E-state index in [1.54, 1.807) is 24.3 Å². The van der Waals surface area contributed by atoms with E-state index >= 15 is 0 Å². The molecule has 4 aromatic carbocycles. The van der Waals surface area contributed by atoms with Crippen LogP contribution in [-0.2, 0) is 6.54 Å². The van der Waals surface area contributed by atoms with Crippen molar-refractivity contribution in [1.82, 2.24) is 9.55 Å². The summed E-state index contributed by atoms with van der Waals surface area (Å²) >= 11 is 12.6. The summed E-state index contributed by atoms with van der Waals surface area (Å²) < 4.78 is 7.89. The molecule has 0 radical (unpaired) electrons. The van der Waals surface area contributed by atoms with Crippen molar-refractivity contribution in [2.75, 3.05) is 6.61 Å². The van der Waals surface area contributed by atoms with Crippen molar-refractivity contribution < 1.29 is 14.6 Å². The van der Waals surface area contributed by atoms with E-state index in [0.29, 0.717) is 16.6 Å². The molecule has 5 aromatic rings. The number of aromatic carboxylic acids is 1. The van der Waals surface area contributed by atoms with Crippen molar-refractivity contribution >= 4 is 41.3 Å². The van der Waals surface area contributed by atoms with Gasteiger partial charge in [0.25, 0.3) is 0 Å². The van der Waals surface area contributed by atoms with Gasteiger partial charge in [0.05, 0.1) is 22.9 Å². The van der Waals surface area contributed by atoms with E-state index in [-0.39, 0.29) is 5.56 Å². The lowest BCUT2D eigenvalue weighted by Gasteiger charge is -2.08. The third-order valence-corrected chi connectivity index (χ3v) is 7.39. The van der Waals surface area contributed by atoms with E-state index in [4.69, 9.17) is 32.9 Å². The summed E-state index contributed by atoms with van der Waals surface area (Å²) in [7, 11) is 0. The first kappa shape index (κ1) is 29.2. The highest BCUT2D eigenvalue weighted by Crippen LogP contribution is 2.31. The van der Waals surface area contributed by atoms with Gasteiger partial charge in [-0.15, -0.1) is 0 Å². The minimum absolute atomic E-state index is 0.248. The molecular formula is C35H30Cl2N2O3. The number of benzene rings is 4. The lowest BCUT2D eigenvalue weighted by atomic mass is 10.0. The summed E-state index contributed by atoms with van der Waals surface area (Å²) in [5.41, 5.74) is 5.94. The summed E-state index contributed by atoms with van der Waals surface area (Å²) in [5, 5.41) is 10.3. The molecule has 0 amide bonds. The molecule has 0 atom stereocenters. The first-order valence-electron chi connectivity index (χ1n) is 13.8. The number of halogens is 2. The fraction of sp³-hybridized carbons (Fsp3) is 0.143. The zero-order valence-electron chi connectivity index (χ0n) is 23.1. The van der Waals surface area contributed by atoms with Crippen LogP contribution in [-0.4, -0.2) is 27.2 Å². The van der Waals surface area contributed by atoms with E-state index in [1.165, 1.54) is 0 Å². The van der Waals surface area contributed by atoms with Gasteiger partial charge in [-0.3, -0.25) is 0 Å². The molecule has 0 spiro atoms. The molecule has 0 aliphatic rings. The second kappa shape index (κ2) is 13.6. The lowest BCUT2D eigenvalue weighted by Crippen LogP contribution is -2.02. The summed E-state index contributed by atoms with van der Waals surface area (Å²) in [4.78, 5) is 16.1. The van der Waals surface area contributed by atoms with Gasteiger partial charge in [-0.25, -0.2) is 9.78 Å². The van der Waals surface area contributed by atoms with Crippen LogP contribution in [0.25, 0.3) is 34.5 Å².